The van der Waals surface area contributed by atoms with E-state index in [9.17, 15) is 9.59 Å². The lowest BCUT2D eigenvalue weighted by molar-refractivity contribution is -0.120. The number of hydrogen-bond donors (Lipinski definition) is 2. The molecule has 0 saturated carbocycles. The predicted octanol–water partition coefficient (Wildman–Crippen LogP) is 4.06. The summed E-state index contributed by atoms with van der Waals surface area (Å²) in [6.45, 7) is 0. The van der Waals surface area contributed by atoms with Crippen LogP contribution in [0.1, 0.15) is 62.4 Å². The van der Waals surface area contributed by atoms with Crippen molar-refractivity contribution < 1.29 is 9.59 Å². The first-order chi connectivity index (χ1) is 18.1. The Morgan fingerprint density at radius 3 is 2.68 bits per heavy atom. The summed E-state index contributed by atoms with van der Waals surface area (Å²) in [6.07, 6.45) is 7.79. The largest absolute Gasteiger partial charge is 0.344 e. The fraction of sp³-hybridized carbons (Fsp3) is 0.233. The van der Waals surface area contributed by atoms with E-state index in [0.717, 1.165) is 35.4 Å². The van der Waals surface area contributed by atoms with Crippen LogP contribution in [0.15, 0.2) is 79.3 Å². The predicted molar refractivity (Wildman–Crippen MR) is 138 cm³/mol. The maximum absolute atomic E-state index is 13.5. The lowest BCUT2D eigenvalue weighted by atomic mass is 9.79. The molecule has 3 aromatic heterocycles. The minimum atomic E-state index is -0.705. The van der Waals surface area contributed by atoms with E-state index >= 15 is 0 Å². The normalized spacial score (nSPS) is 23.2. The van der Waals surface area contributed by atoms with Gasteiger partial charge >= 0.3 is 0 Å². The zero-order valence-corrected chi connectivity index (χ0v) is 20.1. The van der Waals surface area contributed by atoms with Crippen LogP contribution in [-0.4, -0.2) is 26.8 Å². The molecule has 0 radical (unpaired) electrons. The Bertz CT molecular complexity index is 1550. The molecule has 7 rings (SSSR count). The molecule has 2 amide bonds. The number of nitrogens with one attached hydrogen (secondary N) is 2. The minimum absolute atomic E-state index is 0.0537. The van der Waals surface area contributed by atoms with Gasteiger partial charge in [-0.15, -0.1) is 0 Å². The molecule has 1 spiro atoms. The van der Waals surface area contributed by atoms with Crippen LogP contribution < -0.4 is 10.6 Å². The fourth-order valence-corrected chi connectivity index (χ4v) is 6.27. The molecule has 7 heteroatoms. The Hall–Kier alpha value is -4.39. The van der Waals surface area contributed by atoms with Crippen LogP contribution >= 0.6 is 0 Å². The van der Waals surface area contributed by atoms with Gasteiger partial charge in [0.2, 0.25) is 5.91 Å². The second-order valence-corrected chi connectivity index (χ2v) is 10.2. The number of hydrogen-bond acceptors (Lipinski definition) is 5. The summed E-state index contributed by atoms with van der Waals surface area (Å²) < 4.78 is 0. The summed E-state index contributed by atoms with van der Waals surface area (Å²) in [6, 6.07) is 20.0. The summed E-state index contributed by atoms with van der Waals surface area (Å²) in [7, 11) is 0. The van der Waals surface area contributed by atoms with E-state index < -0.39 is 5.41 Å². The van der Waals surface area contributed by atoms with Crippen molar-refractivity contribution in [3.63, 3.8) is 0 Å². The summed E-state index contributed by atoms with van der Waals surface area (Å²) in [5.74, 6) is 0.692. The second kappa shape index (κ2) is 8.34. The maximum Gasteiger partial charge on any atom is 0.253 e. The van der Waals surface area contributed by atoms with Crippen LogP contribution in [-0.2, 0) is 29.5 Å². The molecule has 0 fully saturated rings. The van der Waals surface area contributed by atoms with Crippen LogP contribution in [0.2, 0.25) is 0 Å². The minimum Gasteiger partial charge on any atom is -0.344 e. The number of aromatic nitrogens is 3. The molecular weight excluding hydrogens is 462 g/mol. The van der Waals surface area contributed by atoms with Crippen molar-refractivity contribution in [3.8, 4) is 0 Å². The summed E-state index contributed by atoms with van der Waals surface area (Å²) in [5, 5.41) is 6.16. The third-order valence-electron chi connectivity index (χ3n) is 8.09. The zero-order valence-electron chi connectivity index (χ0n) is 20.1. The standard InChI is InChI=1S/C30H25N5O2/c36-28(34-24-14-20(18-6-2-1-3-7-18)12-19-8-4-10-31-26(19)24)22-13-21-15-30(16-25(21)33-17-22)23-9-5-11-32-27(23)35-29(30)37/h1-11,13,17,20,24H,12,14-16H2,(H,34,36)(H,32,35,37)/t20-,24-,30+/m1/s1. The SMILES string of the molecule is O=C(N[C@@H]1C[C@H](c2ccccc2)Cc2cccnc21)c1cnc2c(c1)C[C@@]1(C2)C(=O)Nc2ncccc21. The highest BCUT2D eigenvalue weighted by Gasteiger charge is 2.51. The maximum atomic E-state index is 13.5. The van der Waals surface area contributed by atoms with Crippen molar-refractivity contribution in [2.75, 3.05) is 5.32 Å². The first kappa shape index (κ1) is 21.9. The summed E-state index contributed by atoms with van der Waals surface area (Å²) >= 11 is 0. The van der Waals surface area contributed by atoms with E-state index in [1.807, 2.05) is 30.3 Å². The smallest absolute Gasteiger partial charge is 0.253 e. The Morgan fingerprint density at radius 2 is 1.78 bits per heavy atom. The highest BCUT2D eigenvalue weighted by Crippen LogP contribution is 2.46. The number of nitrogens with zero attached hydrogens (tertiary/aromatic N) is 3. The molecule has 4 aromatic rings. The first-order valence-corrected chi connectivity index (χ1v) is 12.6. The van der Waals surface area contributed by atoms with Crippen molar-refractivity contribution in [3.05, 3.63) is 118 Å². The van der Waals surface area contributed by atoms with Gasteiger partial charge in [-0.1, -0.05) is 42.5 Å². The van der Waals surface area contributed by atoms with Crippen LogP contribution in [0.3, 0.4) is 0 Å². The molecule has 3 aliphatic rings. The number of carbonyl (C=O) groups is 2. The Morgan fingerprint density at radius 1 is 0.946 bits per heavy atom. The van der Waals surface area contributed by atoms with Gasteiger partial charge in [-0.05, 0) is 60.1 Å². The molecule has 37 heavy (non-hydrogen) atoms. The van der Waals surface area contributed by atoms with Gasteiger partial charge in [0.05, 0.1) is 22.7 Å². The van der Waals surface area contributed by atoms with Gasteiger partial charge in [0, 0.05) is 36.3 Å². The third kappa shape index (κ3) is 3.53. The Labute approximate surface area is 214 Å². The van der Waals surface area contributed by atoms with Crippen LogP contribution in [0, 0.1) is 0 Å². The Balaban J connectivity index is 1.15. The monoisotopic (exact) mass is 487 g/mol. The molecule has 2 aliphatic carbocycles. The van der Waals surface area contributed by atoms with Gasteiger partial charge in [-0.3, -0.25) is 19.6 Å². The molecule has 0 unspecified atom stereocenters. The van der Waals surface area contributed by atoms with Crippen molar-refractivity contribution >= 4 is 17.6 Å². The zero-order chi connectivity index (χ0) is 25.0. The lowest BCUT2D eigenvalue weighted by Gasteiger charge is -2.31. The number of anilines is 1. The van der Waals surface area contributed by atoms with Gasteiger partial charge in [-0.2, -0.15) is 0 Å². The first-order valence-electron chi connectivity index (χ1n) is 12.6. The molecule has 1 aromatic carbocycles. The molecule has 7 nitrogen and oxygen atoms in total. The van der Waals surface area contributed by atoms with Crippen LogP contribution in [0.5, 0.6) is 0 Å². The molecular formula is C30H25N5O2. The fourth-order valence-electron chi connectivity index (χ4n) is 6.27. The highest BCUT2D eigenvalue weighted by molar-refractivity contribution is 6.06. The van der Waals surface area contributed by atoms with Crippen LogP contribution in [0.25, 0.3) is 0 Å². The van der Waals surface area contributed by atoms with Gasteiger partial charge in [0.25, 0.3) is 5.91 Å². The average Bonchev–Trinajstić information content (AvgIpc) is 3.45. The molecule has 2 N–H and O–H groups in total. The molecule has 182 valence electrons. The second-order valence-electron chi connectivity index (χ2n) is 10.2. The number of rotatable bonds is 3. The summed E-state index contributed by atoms with van der Waals surface area (Å²) in [5.41, 5.74) is 5.86. The number of benzene rings is 1. The molecule has 0 bridgehead atoms. The highest BCUT2D eigenvalue weighted by atomic mass is 16.2. The van der Waals surface area contributed by atoms with E-state index in [0.29, 0.717) is 30.1 Å². The number of carbonyl (C=O) groups excluding carboxylic acids is 2. The van der Waals surface area contributed by atoms with Gasteiger partial charge in [-0.25, -0.2) is 4.98 Å². The van der Waals surface area contributed by atoms with Crippen molar-refractivity contribution in [1.29, 1.82) is 0 Å². The average molecular weight is 488 g/mol. The van der Waals surface area contributed by atoms with Gasteiger partial charge < -0.3 is 10.6 Å². The van der Waals surface area contributed by atoms with E-state index in [4.69, 9.17) is 0 Å². The van der Waals surface area contributed by atoms with E-state index in [-0.39, 0.29) is 17.9 Å². The topological polar surface area (TPSA) is 96.9 Å². The molecule has 3 atom stereocenters. The summed E-state index contributed by atoms with van der Waals surface area (Å²) in [4.78, 5) is 40.1. The van der Waals surface area contributed by atoms with Crippen LogP contribution in [0.4, 0.5) is 5.82 Å². The van der Waals surface area contributed by atoms with E-state index in [2.05, 4.69) is 55.9 Å². The van der Waals surface area contributed by atoms with Crippen molar-refractivity contribution in [2.45, 2.75) is 43.1 Å². The lowest BCUT2D eigenvalue weighted by Crippen LogP contribution is -2.35. The quantitative estimate of drug-likeness (QED) is 0.454. The molecule has 1 aliphatic heterocycles. The van der Waals surface area contributed by atoms with Crippen molar-refractivity contribution in [2.24, 2.45) is 0 Å². The number of amides is 2. The molecule has 0 saturated heterocycles. The van der Waals surface area contributed by atoms with E-state index in [1.54, 1.807) is 18.6 Å². The number of pyridine rings is 3. The molecule has 4 heterocycles. The van der Waals surface area contributed by atoms with Crippen molar-refractivity contribution in [1.82, 2.24) is 20.3 Å². The third-order valence-corrected chi connectivity index (χ3v) is 8.09. The van der Waals surface area contributed by atoms with E-state index in [1.165, 1.54) is 11.1 Å². The number of fused-ring (bicyclic) bond motifs is 4. The van der Waals surface area contributed by atoms with Gasteiger partial charge in [0.15, 0.2) is 0 Å². The van der Waals surface area contributed by atoms with Gasteiger partial charge in [0.1, 0.15) is 5.82 Å². The Kier molecular flexibility index (Phi) is 4.92.